The van der Waals surface area contributed by atoms with E-state index in [1.807, 2.05) is 13.8 Å². The molecule has 1 amide bonds. The van der Waals surface area contributed by atoms with Crippen molar-refractivity contribution in [2.45, 2.75) is 71.8 Å². The third-order valence-electron chi connectivity index (χ3n) is 4.75. The van der Waals surface area contributed by atoms with Crippen molar-refractivity contribution in [3.05, 3.63) is 29.3 Å². The molecule has 1 heterocycles. The summed E-state index contributed by atoms with van der Waals surface area (Å²) in [7, 11) is 0. The minimum Gasteiger partial charge on any atom is -0.488 e. The quantitative estimate of drug-likeness (QED) is 0.299. The van der Waals surface area contributed by atoms with Crippen LogP contribution in [-0.2, 0) is 17.5 Å². The SMILES string of the molecule is CCNC(=NCc1ccc(OC(C)(C)C)cc1C(F)(F)F)NC1CCN(C(=O)CC)C1.I. The first-order valence-electron chi connectivity index (χ1n) is 10.6. The predicted molar refractivity (Wildman–Crippen MR) is 130 cm³/mol. The van der Waals surface area contributed by atoms with Crippen LogP contribution in [0.4, 0.5) is 13.2 Å². The smallest absolute Gasteiger partial charge is 0.416 e. The number of carbonyl (C=O) groups excluding carboxylic acids is 1. The van der Waals surface area contributed by atoms with Gasteiger partial charge < -0.3 is 20.3 Å². The standard InChI is InChI=1S/C22H33F3N4O2.HI/c1-6-19(30)29-11-10-16(14-29)28-20(26-7-2)27-13-15-8-9-17(31-21(3,4)5)12-18(15)22(23,24)25;/h8-9,12,16H,6-7,10-11,13-14H2,1-5H3,(H2,26,27,28);1H. The van der Waals surface area contributed by atoms with E-state index in [1.54, 1.807) is 25.7 Å². The monoisotopic (exact) mass is 570 g/mol. The van der Waals surface area contributed by atoms with Crippen LogP contribution in [0.2, 0.25) is 0 Å². The molecule has 1 aromatic carbocycles. The van der Waals surface area contributed by atoms with Crippen LogP contribution < -0.4 is 15.4 Å². The molecule has 2 N–H and O–H groups in total. The first-order valence-corrected chi connectivity index (χ1v) is 10.6. The minimum atomic E-state index is -4.51. The number of benzene rings is 1. The molecule has 0 spiro atoms. The Hall–Kier alpha value is -1.72. The van der Waals surface area contributed by atoms with E-state index in [4.69, 9.17) is 4.74 Å². The van der Waals surface area contributed by atoms with Crippen LogP contribution in [-0.4, -0.2) is 48.0 Å². The zero-order valence-corrected chi connectivity index (χ0v) is 21.6. The van der Waals surface area contributed by atoms with Crippen molar-refractivity contribution in [3.8, 4) is 5.75 Å². The lowest BCUT2D eigenvalue weighted by atomic mass is 10.1. The Morgan fingerprint density at radius 1 is 1.25 bits per heavy atom. The summed E-state index contributed by atoms with van der Waals surface area (Å²) < 4.78 is 46.5. The van der Waals surface area contributed by atoms with Gasteiger partial charge in [0.05, 0.1) is 12.1 Å². The van der Waals surface area contributed by atoms with Gasteiger partial charge >= 0.3 is 6.18 Å². The number of ether oxygens (including phenoxy) is 1. The maximum absolute atomic E-state index is 13.6. The number of likely N-dealkylation sites (tertiary alicyclic amines) is 1. The molecule has 32 heavy (non-hydrogen) atoms. The van der Waals surface area contributed by atoms with Crippen molar-refractivity contribution < 1.29 is 22.7 Å². The highest BCUT2D eigenvalue weighted by atomic mass is 127. The second kappa shape index (κ2) is 11.9. The lowest BCUT2D eigenvalue weighted by molar-refractivity contribution is -0.138. The number of rotatable bonds is 6. The number of carbonyl (C=O) groups is 1. The van der Waals surface area contributed by atoms with E-state index in [-0.39, 0.29) is 53.8 Å². The highest BCUT2D eigenvalue weighted by Gasteiger charge is 2.34. The summed E-state index contributed by atoms with van der Waals surface area (Å²) in [6, 6.07) is 3.99. The summed E-state index contributed by atoms with van der Waals surface area (Å²) in [5, 5.41) is 6.30. The van der Waals surface area contributed by atoms with E-state index in [2.05, 4.69) is 15.6 Å². The molecule has 6 nitrogen and oxygen atoms in total. The van der Waals surface area contributed by atoms with Crippen LogP contribution >= 0.6 is 24.0 Å². The van der Waals surface area contributed by atoms with Crippen LogP contribution in [0.25, 0.3) is 0 Å². The van der Waals surface area contributed by atoms with Gasteiger partial charge in [-0.15, -0.1) is 24.0 Å². The molecule has 1 aliphatic rings. The zero-order valence-electron chi connectivity index (χ0n) is 19.3. The first-order chi connectivity index (χ1) is 14.4. The second-order valence-corrected chi connectivity index (χ2v) is 8.55. The van der Waals surface area contributed by atoms with Gasteiger partial charge in [0, 0.05) is 32.1 Å². The fraction of sp³-hybridized carbons (Fsp3) is 0.636. The van der Waals surface area contributed by atoms with Crippen LogP contribution in [0.5, 0.6) is 5.75 Å². The molecule has 1 unspecified atom stereocenters. The van der Waals surface area contributed by atoms with Gasteiger partial charge in [-0.2, -0.15) is 13.2 Å². The van der Waals surface area contributed by atoms with Crippen LogP contribution in [0, 0.1) is 0 Å². The lowest BCUT2D eigenvalue weighted by Crippen LogP contribution is -2.45. The van der Waals surface area contributed by atoms with E-state index in [9.17, 15) is 18.0 Å². The molecule has 182 valence electrons. The Kier molecular flexibility index (Phi) is 10.6. The molecule has 1 aromatic rings. The number of hydrogen-bond acceptors (Lipinski definition) is 3. The number of nitrogens with one attached hydrogen (secondary N) is 2. The Balaban J connectivity index is 0.00000512. The Labute approximate surface area is 205 Å². The third kappa shape index (κ3) is 8.67. The maximum atomic E-state index is 13.6. The highest BCUT2D eigenvalue weighted by Crippen LogP contribution is 2.35. The van der Waals surface area contributed by atoms with Gasteiger partial charge in [-0.25, -0.2) is 4.99 Å². The van der Waals surface area contributed by atoms with Crippen molar-refractivity contribution in [2.24, 2.45) is 4.99 Å². The van der Waals surface area contributed by atoms with Crippen molar-refractivity contribution >= 4 is 35.8 Å². The Morgan fingerprint density at radius 2 is 1.94 bits per heavy atom. The molecule has 0 saturated carbocycles. The first kappa shape index (κ1) is 28.3. The van der Waals surface area contributed by atoms with Crippen LogP contribution in [0.1, 0.15) is 58.6 Å². The minimum absolute atomic E-state index is 0. The van der Waals surface area contributed by atoms with Crippen molar-refractivity contribution in [1.29, 1.82) is 0 Å². The number of alkyl halides is 3. The zero-order chi connectivity index (χ0) is 23.2. The summed E-state index contributed by atoms with van der Waals surface area (Å²) in [5.41, 5.74) is -1.28. The van der Waals surface area contributed by atoms with Gasteiger partial charge in [-0.05, 0) is 51.8 Å². The number of guanidine groups is 1. The third-order valence-corrected chi connectivity index (χ3v) is 4.75. The molecule has 1 aliphatic heterocycles. The molecule has 0 aliphatic carbocycles. The predicted octanol–water partition coefficient (Wildman–Crippen LogP) is 4.57. The molecule has 10 heteroatoms. The number of nitrogens with zero attached hydrogens (tertiary/aromatic N) is 2. The molecule has 0 radical (unpaired) electrons. The number of aliphatic imine (C=N–C) groups is 1. The van der Waals surface area contributed by atoms with E-state index in [0.717, 1.165) is 12.5 Å². The molecule has 0 bridgehead atoms. The molecular weight excluding hydrogens is 536 g/mol. The summed E-state index contributed by atoms with van der Waals surface area (Å²) in [6.45, 7) is 10.7. The molecule has 1 atom stereocenters. The summed E-state index contributed by atoms with van der Waals surface area (Å²) in [4.78, 5) is 18.0. The molecule has 0 aromatic heterocycles. The van der Waals surface area contributed by atoms with Crippen molar-refractivity contribution in [1.82, 2.24) is 15.5 Å². The molecule has 1 saturated heterocycles. The van der Waals surface area contributed by atoms with Crippen molar-refractivity contribution in [2.75, 3.05) is 19.6 Å². The fourth-order valence-electron chi connectivity index (χ4n) is 3.38. The largest absolute Gasteiger partial charge is 0.488 e. The normalized spacial score (nSPS) is 17.1. The van der Waals surface area contributed by atoms with Gasteiger partial charge in [0.25, 0.3) is 0 Å². The second-order valence-electron chi connectivity index (χ2n) is 8.55. The van der Waals surface area contributed by atoms with Gasteiger partial charge in [0.1, 0.15) is 11.4 Å². The maximum Gasteiger partial charge on any atom is 0.416 e. The van der Waals surface area contributed by atoms with Gasteiger partial charge in [0.2, 0.25) is 5.91 Å². The van der Waals surface area contributed by atoms with E-state index in [0.29, 0.717) is 32.0 Å². The number of hydrogen-bond donors (Lipinski definition) is 2. The molecule has 1 fully saturated rings. The fourth-order valence-corrected chi connectivity index (χ4v) is 3.38. The average molecular weight is 570 g/mol. The van der Waals surface area contributed by atoms with Gasteiger partial charge in [-0.3, -0.25) is 4.79 Å². The van der Waals surface area contributed by atoms with Crippen LogP contribution in [0.15, 0.2) is 23.2 Å². The van der Waals surface area contributed by atoms with E-state index >= 15 is 0 Å². The average Bonchev–Trinajstić information content (AvgIpc) is 3.13. The molecular formula is C22H34F3IN4O2. The summed E-state index contributed by atoms with van der Waals surface area (Å²) in [6.07, 6.45) is -3.29. The molecule has 2 rings (SSSR count). The number of amides is 1. The lowest BCUT2D eigenvalue weighted by Gasteiger charge is -2.23. The topological polar surface area (TPSA) is 66.0 Å². The van der Waals surface area contributed by atoms with Crippen molar-refractivity contribution in [3.63, 3.8) is 0 Å². The number of halogens is 4. The highest BCUT2D eigenvalue weighted by molar-refractivity contribution is 14.0. The van der Waals surface area contributed by atoms with E-state index in [1.165, 1.54) is 12.1 Å². The Morgan fingerprint density at radius 3 is 2.50 bits per heavy atom. The van der Waals surface area contributed by atoms with Gasteiger partial charge in [0.15, 0.2) is 5.96 Å². The summed E-state index contributed by atoms with van der Waals surface area (Å²) in [5.74, 6) is 0.698. The Bertz CT molecular complexity index is 794. The van der Waals surface area contributed by atoms with E-state index < -0.39 is 17.3 Å². The van der Waals surface area contributed by atoms with Gasteiger partial charge in [-0.1, -0.05) is 13.0 Å². The summed E-state index contributed by atoms with van der Waals surface area (Å²) >= 11 is 0. The van der Waals surface area contributed by atoms with Crippen LogP contribution in [0.3, 0.4) is 0 Å².